The van der Waals surface area contributed by atoms with Crippen LogP contribution in [0.3, 0.4) is 0 Å². The molecule has 0 aliphatic heterocycles. The highest BCUT2D eigenvalue weighted by Gasteiger charge is 2.34. The standard InChI is InChI=1S/C31H24ClN3O/c1-4-21-6-5-7-22(16-21)26-18-30(36)35(3)29-13-10-24(17-27(26)29)31(33,23-8-11-25(32)12-9-23)28-19-34-15-14-20(28)2/h1,5-19H,33H2,2-3H3/t31-/m1/s1. The van der Waals surface area contributed by atoms with Crippen molar-refractivity contribution in [2.75, 3.05) is 0 Å². The smallest absolute Gasteiger partial charge is 0.251 e. The van der Waals surface area contributed by atoms with Crippen LogP contribution in [0.15, 0.2) is 96.1 Å². The van der Waals surface area contributed by atoms with Gasteiger partial charge in [0.15, 0.2) is 0 Å². The van der Waals surface area contributed by atoms with Crippen molar-refractivity contribution in [1.29, 1.82) is 0 Å². The topological polar surface area (TPSA) is 60.9 Å². The molecule has 36 heavy (non-hydrogen) atoms. The van der Waals surface area contributed by atoms with E-state index in [-0.39, 0.29) is 5.56 Å². The van der Waals surface area contributed by atoms with Gasteiger partial charge in [0.1, 0.15) is 0 Å². The van der Waals surface area contributed by atoms with Gasteiger partial charge in [-0.3, -0.25) is 9.78 Å². The van der Waals surface area contributed by atoms with Crippen LogP contribution in [0.2, 0.25) is 5.02 Å². The van der Waals surface area contributed by atoms with Gasteiger partial charge in [0.05, 0.1) is 11.1 Å². The summed E-state index contributed by atoms with van der Waals surface area (Å²) in [5, 5.41) is 1.53. The van der Waals surface area contributed by atoms with Gasteiger partial charge in [-0.15, -0.1) is 6.42 Å². The lowest BCUT2D eigenvalue weighted by Gasteiger charge is -2.33. The molecule has 2 heterocycles. The first-order chi connectivity index (χ1) is 17.3. The molecule has 0 bridgehead atoms. The minimum absolute atomic E-state index is 0.101. The van der Waals surface area contributed by atoms with Crippen LogP contribution in [0.1, 0.15) is 27.8 Å². The highest BCUT2D eigenvalue weighted by atomic mass is 35.5. The molecule has 2 aromatic heterocycles. The van der Waals surface area contributed by atoms with Crippen LogP contribution in [0.4, 0.5) is 0 Å². The molecule has 0 fully saturated rings. The van der Waals surface area contributed by atoms with Gasteiger partial charge in [0.2, 0.25) is 0 Å². The molecule has 0 amide bonds. The number of hydrogen-bond donors (Lipinski definition) is 1. The van der Waals surface area contributed by atoms with Crippen LogP contribution in [0, 0.1) is 19.3 Å². The van der Waals surface area contributed by atoms with Crippen molar-refractivity contribution in [1.82, 2.24) is 9.55 Å². The molecule has 0 saturated carbocycles. The summed E-state index contributed by atoms with van der Waals surface area (Å²) in [5.74, 6) is 2.68. The second-order valence-electron chi connectivity index (χ2n) is 8.92. The van der Waals surface area contributed by atoms with E-state index < -0.39 is 5.54 Å². The lowest BCUT2D eigenvalue weighted by atomic mass is 9.76. The van der Waals surface area contributed by atoms with Gasteiger partial charge in [-0.1, -0.05) is 47.9 Å². The molecular formula is C31H24ClN3O. The Morgan fingerprint density at radius 1 is 1.00 bits per heavy atom. The first kappa shape index (κ1) is 23.6. The molecule has 4 nitrogen and oxygen atoms in total. The molecule has 0 aliphatic carbocycles. The first-order valence-corrected chi connectivity index (χ1v) is 11.9. The van der Waals surface area contributed by atoms with E-state index in [9.17, 15) is 4.79 Å². The maximum absolute atomic E-state index is 12.9. The molecule has 0 saturated heterocycles. The Hall–Kier alpha value is -4.17. The lowest BCUT2D eigenvalue weighted by Crippen LogP contribution is -2.40. The van der Waals surface area contributed by atoms with Crippen LogP contribution in [0.25, 0.3) is 22.0 Å². The predicted molar refractivity (Wildman–Crippen MR) is 147 cm³/mol. The highest BCUT2D eigenvalue weighted by molar-refractivity contribution is 6.30. The number of rotatable bonds is 4. The molecule has 176 valence electrons. The number of pyridine rings is 2. The average molecular weight is 490 g/mol. The summed E-state index contributed by atoms with van der Waals surface area (Å²) in [6, 6.07) is 24.8. The van der Waals surface area contributed by atoms with Crippen molar-refractivity contribution in [3.63, 3.8) is 0 Å². The Balaban J connectivity index is 1.85. The fourth-order valence-electron chi connectivity index (χ4n) is 4.79. The zero-order chi connectivity index (χ0) is 25.4. The zero-order valence-corrected chi connectivity index (χ0v) is 20.8. The number of aryl methyl sites for hydroxylation is 2. The largest absolute Gasteiger partial charge is 0.314 e. The molecule has 5 heteroatoms. The van der Waals surface area contributed by atoms with Gasteiger partial charge in [-0.2, -0.15) is 0 Å². The molecular weight excluding hydrogens is 466 g/mol. The van der Waals surface area contributed by atoms with E-state index in [2.05, 4.69) is 17.0 Å². The molecule has 5 rings (SSSR count). The summed E-state index contributed by atoms with van der Waals surface area (Å²) in [7, 11) is 1.77. The van der Waals surface area contributed by atoms with Gasteiger partial charge in [-0.05, 0) is 77.2 Å². The molecule has 1 atom stereocenters. The molecule has 5 aromatic rings. The van der Waals surface area contributed by atoms with Crippen molar-refractivity contribution in [3.05, 3.63) is 134 Å². The Morgan fingerprint density at radius 2 is 1.75 bits per heavy atom. The van der Waals surface area contributed by atoms with Gasteiger partial charge >= 0.3 is 0 Å². The van der Waals surface area contributed by atoms with Crippen molar-refractivity contribution in [2.45, 2.75) is 12.5 Å². The van der Waals surface area contributed by atoms with Crippen LogP contribution in [-0.2, 0) is 12.6 Å². The second kappa shape index (κ2) is 9.13. The lowest BCUT2D eigenvalue weighted by molar-refractivity contribution is 0.645. The number of nitrogens with zero attached hydrogens (tertiary/aromatic N) is 2. The van der Waals surface area contributed by atoms with Crippen LogP contribution in [-0.4, -0.2) is 9.55 Å². The van der Waals surface area contributed by atoms with E-state index in [0.717, 1.165) is 49.8 Å². The number of halogens is 1. The maximum atomic E-state index is 12.9. The predicted octanol–water partition coefficient (Wildman–Crippen LogP) is 5.79. The fourth-order valence-corrected chi connectivity index (χ4v) is 4.91. The molecule has 0 unspecified atom stereocenters. The van der Waals surface area contributed by atoms with Crippen molar-refractivity contribution < 1.29 is 0 Å². The summed E-state index contributed by atoms with van der Waals surface area (Å²) in [5.41, 5.74) is 13.1. The zero-order valence-electron chi connectivity index (χ0n) is 20.0. The minimum atomic E-state index is -1.01. The van der Waals surface area contributed by atoms with E-state index >= 15 is 0 Å². The van der Waals surface area contributed by atoms with Gasteiger partial charge < -0.3 is 10.3 Å². The Labute approximate surface area is 215 Å². The van der Waals surface area contributed by atoms with E-state index in [0.29, 0.717) is 5.02 Å². The number of fused-ring (bicyclic) bond motifs is 1. The average Bonchev–Trinajstić information content (AvgIpc) is 2.90. The Morgan fingerprint density at radius 3 is 2.47 bits per heavy atom. The number of aromatic nitrogens is 2. The van der Waals surface area contributed by atoms with E-state index in [1.165, 1.54) is 0 Å². The summed E-state index contributed by atoms with van der Waals surface area (Å²) in [4.78, 5) is 17.2. The quantitative estimate of drug-likeness (QED) is 0.325. The maximum Gasteiger partial charge on any atom is 0.251 e. The van der Waals surface area contributed by atoms with Crippen molar-refractivity contribution in [2.24, 2.45) is 12.8 Å². The Kier molecular flexibility index (Phi) is 5.97. The normalized spacial score (nSPS) is 12.8. The summed E-state index contributed by atoms with van der Waals surface area (Å²) < 4.78 is 1.64. The van der Waals surface area contributed by atoms with Gasteiger partial charge in [0.25, 0.3) is 5.56 Å². The fraction of sp³-hybridized carbons (Fsp3) is 0.0968. The van der Waals surface area contributed by atoms with Crippen LogP contribution >= 0.6 is 11.6 Å². The minimum Gasteiger partial charge on any atom is -0.314 e. The molecule has 3 aromatic carbocycles. The molecule has 0 aliphatic rings. The third-order valence-corrected chi connectivity index (χ3v) is 7.06. The number of nitrogens with two attached hydrogens (primary N) is 1. The highest BCUT2D eigenvalue weighted by Crippen LogP contribution is 2.38. The molecule has 2 N–H and O–H groups in total. The summed E-state index contributed by atoms with van der Waals surface area (Å²) >= 11 is 6.21. The molecule has 0 radical (unpaired) electrons. The van der Waals surface area contributed by atoms with Crippen molar-refractivity contribution in [3.8, 4) is 23.5 Å². The van der Waals surface area contributed by atoms with Crippen LogP contribution in [0.5, 0.6) is 0 Å². The number of hydrogen-bond acceptors (Lipinski definition) is 3. The second-order valence-corrected chi connectivity index (χ2v) is 9.35. The summed E-state index contributed by atoms with van der Waals surface area (Å²) in [6.07, 6.45) is 9.22. The third-order valence-electron chi connectivity index (χ3n) is 6.81. The van der Waals surface area contributed by atoms with E-state index in [1.807, 2.05) is 79.9 Å². The monoisotopic (exact) mass is 489 g/mol. The first-order valence-electron chi connectivity index (χ1n) is 11.5. The number of benzene rings is 3. The Bertz CT molecular complexity index is 1710. The van der Waals surface area contributed by atoms with Crippen molar-refractivity contribution >= 4 is 22.5 Å². The molecule has 0 spiro atoms. The van der Waals surface area contributed by atoms with Crippen LogP contribution < -0.4 is 11.3 Å². The number of terminal acetylenes is 1. The van der Waals surface area contributed by atoms with Gasteiger partial charge in [0, 0.05) is 47.0 Å². The summed E-state index contributed by atoms with van der Waals surface area (Å²) in [6.45, 7) is 2.02. The third kappa shape index (κ3) is 3.89. The van der Waals surface area contributed by atoms with E-state index in [1.54, 1.807) is 23.9 Å². The van der Waals surface area contributed by atoms with E-state index in [4.69, 9.17) is 23.8 Å². The SMILES string of the molecule is C#Cc1cccc(-c2cc(=O)n(C)c3ccc([C@](N)(c4ccc(Cl)cc4)c4cnccc4C)cc23)c1. The van der Waals surface area contributed by atoms with Gasteiger partial charge in [-0.25, -0.2) is 0 Å².